The number of alkyl halides is 1. The normalized spacial score (nSPS) is 30.6. The second-order valence-corrected chi connectivity index (χ2v) is 5.28. The van der Waals surface area contributed by atoms with E-state index in [0.29, 0.717) is 24.7 Å². The van der Waals surface area contributed by atoms with Gasteiger partial charge in [-0.25, -0.2) is 4.39 Å². The van der Waals surface area contributed by atoms with Crippen molar-refractivity contribution in [2.75, 3.05) is 0 Å². The minimum Gasteiger partial charge on any atom is -0.269 e. The molecule has 0 radical (unpaired) electrons. The highest BCUT2D eigenvalue weighted by atomic mass is 19.1. The topological polar surface area (TPSA) is 17.8 Å². The zero-order valence-corrected chi connectivity index (χ0v) is 9.70. The SMILES string of the molecule is CC(C)c1ccnn1CC1CC(C)(F)C1. The van der Waals surface area contributed by atoms with E-state index in [0.717, 1.165) is 6.54 Å². The molecular formula is C12H19FN2. The van der Waals surface area contributed by atoms with Crippen LogP contribution in [0.15, 0.2) is 12.3 Å². The van der Waals surface area contributed by atoms with Crippen LogP contribution >= 0.6 is 0 Å². The molecule has 0 bridgehead atoms. The standard InChI is InChI=1S/C12H19FN2/c1-9(2)11-4-5-14-15(11)8-10-6-12(3,13)7-10/h4-5,9-10H,6-8H2,1-3H3. The first-order valence-corrected chi connectivity index (χ1v) is 5.68. The van der Waals surface area contributed by atoms with Crippen molar-refractivity contribution >= 4 is 0 Å². The Morgan fingerprint density at radius 3 is 2.80 bits per heavy atom. The van der Waals surface area contributed by atoms with Gasteiger partial charge in [0.15, 0.2) is 0 Å². The van der Waals surface area contributed by atoms with Crippen LogP contribution in [0.4, 0.5) is 4.39 Å². The third-order valence-electron chi connectivity index (χ3n) is 3.20. The molecule has 1 fully saturated rings. The molecule has 0 amide bonds. The Kier molecular flexibility index (Phi) is 2.57. The number of rotatable bonds is 3. The average Bonchev–Trinajstić information content (AvgIpc) is 2.48. The third kappa shape index (κ3) is 2.21. The predicted octanol–water partition coefficient (Wildman–Crippen LogP) is 3.14. The Balaban J connectivity index is 1.97. The molecule has 1 aromatic heterocycles. The van der Waals surface area contributed by atoms with Crippen LogP contribution in [0, 0.1) is 5.92 Å². The molecule has 1 aromatic rings. The number of nitrogens with zero attached hydrogens (tertiary/aromatic N) is 2. The summed E-state index contributed by atoms with van der Waals surface area (Å²) in [6, 6.07) is 2.05. The molecule has 1 saturated carbocycles. The van der Waals surface area contributed by atoms with Crippen LogP contribution in [0.2, 0.25) is 0 Å². The van der Waals surface area contributed by atoms with Crippen LogP contribution in [-0.2, 0) is 6.54 Å². The lowest BCUT2D eigenvalue weighted by Gasteiger charge is -2.38. The van der Waals surface area contributed by atoms with Crippen molar-refractivity contribution in [3.63, 3.8) is 0 Å². The van der Waals surface area contributed by atoms with Crippen molar-refractivity contribution in [3.8, 4) is 0 Å². The number of hydrogen-bond donors (Lipinski definition) is 0. The Hall–Kier alpha value is -0.860. The van der Waals surface area contributed by atoms with Gasteiger partial charge in [-0.05, 0) is 37.7 Å². The second kappa shape index (κ2) is 3.62. The molecular weight excluding hydrogens is 191 g/mol. The second-order valence-electron chi connectivity index (χ2n) is 5.28. The molecule has 1 aliphatic rings. The summed E-state index contributed by atoms with van der Waals surface area (Å²) in [5.41, 5.74) is 0.331. The summed E-state index contributed by atoms with van der Waals surface area (Å²) in [4.78, 5) is 0. The molecule has 15 heavy (non-hydrogen) atoms. The fraction of sp³-hybridized carbons (Fsp3) is 0.750. The first-order chi connectivity index (χ1) is 6.98. The van der Waals surface area contributed by atoms with Gasteiger partial charge in [0.2, 0.25) is 0 Å². The summed E-state index contributed by atoms with van der Waals surface area (Å²) < 4.78 is 15.3. The number of hydrogen-bond acceptors (Lipinski definition) is 1. The maximum Gasteiger partial charge on any atom is 0.109 e. The Morgan fingerprint density at radius 2 is 2.27 bits per heavy atom. The van der Waals surface area contributed by atoms with E-state index in [1.165, 1.54) is 5.69 Å². The lowest BCUT2D eigenvalue weighted by molar-refractivity contribution is 0.0151. The van der Waals surface area contributed by atoms with Crippen molar-refractivity contribution in [3.05, 3.63) is 18.0 Å². The number of aromatic nitrogens is 2. The third-order valence-corrected chi connectivity index (χ3v) is 3.20. The summed E-state index contributed by atoms with van der Waals surface area (Å²) in [7, 11) is 0. The van der Waals surface area contributed by atoms with E-state index in [1.807, 2.05) is 10.9 Å². The zero-order valence-electron chi connectivity index (χ0n) is 9.70. The van der Waals surface area contributed by atoms with Gasteiger partial charge in [0.05, 0.1) is 0 Å². The van der Waals surface area contributed by atoms with Gasteiger partial charge >= 0.3 is 0 Å². The molecule has 0 N–H and O–H groups in total. The van der Waals surface area contributed by atoms with Gasteiger partial charge in [-0.3, -0.25) is 4.68 Å². The summed E-state index contributed by atoms with van der Waals surface area (Å²) in [5, 5.41) is 4.30. The monoisotopic (exact) mass is 210 g/mol. The van der Waals surface area contributed by atoms with Crippen molar-refractivity contribution in [2.45, 2.75) is 51.7 Å². The quantitative estimate of drug-likeness (QED) is 0.749. The van der Waals surface area contributed by atoms with E-state index >= 15 is 0 Å². The van der Waals surface area contributed by atoms with Gasteiger partial charge < -0.3 is 0 Å². The molecule has 0 spiro atoms. The summed E-state index contributed by atoms with van der Waals surface area (Å²) >= 11 is 0. The first-order valence-electron chi connectivity index (χ1n) is 5.68. The van der Waals surface area contributed by atoms with Gasteiger partial charge in [-0.15, -0.1) is 0 Å². The van der Waals surface area contributed by atoms with Crippen molar-refractivity contribution in [1.82, 2.24) is 9.78 Å². The lowest BCUT2D eigenvalue weighted by Crippen LogP contribution is -2.39. The predicted molar refractivity (Wildman–Crippen MR) is 58.6 cm³/mol. The molecule has 0 aromatic carbocycles. The molecule has 0 atom stereocenters. The van der Waals surface area contributed by atoms with Crippen LogP contribution in [0.3, 0.4) is 0 Å². The average molecular weight is 210 g/mol. The molecule has 0 saturated heterocycles. The van der Waals surface area contributed by atoms with E-state index in [2.05, 4.69) is 25.0 Å². The summed E-state index contributed by atoms with van der Waals surface area (Å²) in [6.07, 6.45) is 3.21. The maximum atomic E-state index is 13.3. The van der Waals surface area contributed by atoms with Crippen LogP contribution in [0.5, 0.6) is 0 Å². The van der Waals surface area contributed by atoms with E-state index < -0.39 is 5.67 Å². The highest BCUT2D eigenvalue weighted by Gasteiger charge is 2.40. The van der Waals surface area contributed by atoms with E-state index in [4.69, 9.17) is 0 Å². The maximum absolute atomic E-state index is 13.3. The van der Waals surface area contributed by atoms with E-state index in [9.17, 15) is 4.39 Å². The Labute approximate surface area is 90.5 Å². The Bertz CT molecular complexity index is 333. The highest BCUT2D eigenvalue weighted by molar-refractivity contribution is 5.06. The van der Waals surface area contributed by atoms with Crippen LogP contribution in [0.25, 0.3) is 0 Å². The minimum absolute atomic E-state index is 0.470. The van der Waals surface area contributed by atoms with Gasteiger partial charge in [-0.1, -0.05) is 13.8 Å². The van der Waals surface area contributed by atoms with Crippen molar-refractivity contribution < 1.29 is 4.39 Å². The molecule has 0 unspecified atom stereocenters. The van der Waals surface area contributed by atoms with Gasteiger partial charge in [0, 0.05) is 18.4 Å². The smallest absolute Gasteiger partial charge is 0.109 e. The summed E-state index contributed by atoms with van der Waals surface area (Å²) in [6.45, 7) is 6.89. The van der Waals surface area contributed by atoms with Crippen LogP contribution in [0.1, 0.15) is 45.2 Å². The molecule has 3 heteroatoms. The van der Waals surface area contributed by atoms with E-state index in [1.54, 1.807) is 6.92 Å². The molecule has 2 nitrogen and oxygen atoms in total. The first kappa shape index (κ1) is 10.7. The van der Waals surface area contributed by atoms with Gasteiger partial charge in [0.25, 0.3) is 0 Å². The zero-order chi connectivity index (χ0) is 11.1. The van der Waals surface area contributed by atoms with Crippen LogP contribution in [-0.4, -0.2) is 15.4 Å². The largest absolute Gasteiger partial charge is 0.269 e. The molecule has 1 heterocycles. The van der Waals surface area contributed by atoms with Gasteiger partial charge in [0.1, 0.15) is 5.67 Å². The summed E-state index contributed by atoms with van der Waals surface area (Å²) in [5.74, 6) is 0.960. The molecule has 0 aliphatic heterocycles. The van der Waals surface area contributed by atoms with Gasteiger partial charge in [-0.2, -0.15) is 5.10 Å². The number of halogens is 1. The van der Waals surface area contributed by atoms with Crippen molar-refractivity contribution in [1.29, 1.82) is 0 Å². The minimum atomic E-state index is -0.921. The fourth-order valence-corrected chi connectivity index (χ4v) is 2.50. The fourth-order valence-electron chi connectivity index (χ4n) is 2.50. The van der Waals surface area contributed by atoms with Crippen molar-refractivity contribution in [2.24, 2.45) is 5.92 Å². The van der Waals surface area contributed by atoms with E-state index in [-0.39, 0.29) is 0 Å². The molecule has 2 rings (SSSR count). The molecule has 84 valence electrons. The van der Waals surface area contributed by atoms with Crippen LogP contribution < -0.4 is 0 Å². The highest BCUT2D eigenvalue weighted by Crippen LogP contribution is 2.41. The lowest BCUT2D eigenvalue weighted by atomic mass is 9.73. The molecule has 1 aliphatic carbocycles. The Morgan fingerprint density at radius 1 is 1.60 bits per heavy atom.